The molecule has 0 saturated heterocycles. The maximum absolute atomic E-state index is 15.0. The lowest BCUT2D eigenvalue weighted by Crippen LogP contribution is -2.21. The molecule has 1 N–H and O–H groups in total. The zero-order chi connectivity index (χ0) is 20.0. The highest BCUT2D eigenvalue weighted by Crippen LogP contribution is 3.05. The van der Waals surface area contributed by atoms with Crippen LogP contribution in [0.3, 0.4) is 0 Å². The smallest absolute Gasteiger partial charge is 0.229 e. The molecule has 0 fully saturated rings. The molecule has 0 radical (unpaired) electrons. The zero-order valence-electron chi connectivity index (χ0n) is 13.5. The molecule has 144 valence electrons. The monoisotopic (exact) mass is 415 g/mol. The standard InChI is InChI=1S/C15H14F5NO3S2/c1-10(22)11-7-8-13(21-25(2,23)24)15(9-11)26(17,18,19,20)14-6-4-3-5-12(14)16/h3-9,21H,1-2H3. The lowest BCUT2D eigenvalue weighted by molar-refractivity contribution is 0.101. The van der Waals surface area contributed by atoms with Gasteiger partial charge in [-0.15, -0.1) is 15.5 Å². The van der Waals surface area contributed by atoms with Crippen LogP contribution in [0.25, 0.3) is 0 Å². The van der Waals surface area contributed by atoms with Gasteiger partial charge in [-0.2, -0.15) is 0 Å². The summed E-state index contributed by atoms with van der Waals surface area (Å²) in [5.74, 6) is -2.67. The number of nitrogens with one attached hydrogen (secondary N) is 1. The Morgan fingerprint density at radius 3 is 2.08 bits per heavy atom. The van der Waals surface area contributed by atoms with Crippen LogP contribution in [0, 0.1) is 5.82 Å². The van der Waals surface area contributed by atoms with Gasteiger partial charge in [0.25, 0.3) is 0 Å². The van der Waals surface area contributed by atoms with Crippen LogP contribution in [0.5, 0.6) is 0 Å². The lowest BCUT2D eigenvalue weighted by Gasteiger charge is -2.50. The van der Waals surface area contributed by atoms with Crippen molar-refractivity contribution in [2.75, 3.05) is 11.0 Å². The third-order valence-corrected chi connectivity index (χ3v) is 6.43. The van der Waals surface area contributed by atoms with Crippen LogP contribution in [-0.4, -0.2) is 20.5 Å². The van der Waals surface area contributed by atoms with Gasteiger partial charge in [0.15, 0.2) is 5.78 Å². The number of carbonyl (C=O) groups excluding carboxylic acids is 1. The summed E-state index contributed by atoms with van der Waals surface area (Å²) in [5, 5.41) is 0. The van der Waals surface area contributed by atoms with Crippen LogP contribution < -0.4 is 4.72 Å². The van der Waals surface area contributed by atoms with Gasteiger partial charge < -0.3 is 0 Å². The summed E-state index contributed by atoms with van der Waals surface area (Å²) in [6, 6.07) is 4.13. The van der Waals surface area contributed by atoms with Gasteiger partial charge in [-0.3, -0.25) is 9.52 Å². The average molecular weight is 415 g/mol. The van der Waals surface area contributed by atoms with Crippen LogP contribution in [-0.2, 0) is 10.0 Å². The van der Waals surface area contributed by atoms with E-state index in [4.69, 9.17) is 0 Å². The molecule has 26 heavy (non-hydrogen) atoms. The Kier molecular flexibility index (Phi) is 4.21. The van der Waals surface area contributed by atoms with Crippen LogP contribution >= 0.6 is 9.84 Å². The number of Topliss-reactive ketones (excluding diaryl/α,β-unsaturated/α-hetero) is 1. The van der Waals surface area contributed by atoms with Gasteiger partial charge in [0.05, 0.1) is 11.9 Å². The molecule has 2 rings (SSSR count). The Morgan fingerprint density at radius 2 is 1.58 bits per heavy atom. The lowest BCUT2D eigenvalue weighted by atomic mass is 10.1. The van der Waals surface area contributed by atoms with Gasteiger partial charge in [-0.05, 0) is 37.3 Å². The fourth-order valence-electron chi connectivity index (χ4n) is 2.26. The summed E-state index contributed by atoms with van der Waals surface area (Å²) in [4.78, 5) is 7.23. The van der Waals surface area contributed by atoms with Crippen molar-refractivity contribution >= 4 is 31.3 Å². The predicted molar refractivity (Wildman–Crippen MR) is 89.9 cm³/mol. The highest BCUT2D eigenvalue weighted by atomic mass is 32.5. The van der Waals surface area contributed by atoms with Crippen LogP contribution in [0.15, 0.2) is 52.3 Å². The molecule has 0 spiro atoms. The van der Waals surface area contributed by atoms with Gasteiger partial charge in [0, 0.05) is 5.56 Å². The van der Waals surface area contributed by atoms with Crippen LogP contribution in [0.1, 0.15) is 17.3 Å². The van der Waals surface area contributed by atoms with Crippen molar-refractivity contribution < 1.29 is 33.1 Å². The molecule has 0 aliphatic carbocycles. The topological polar surface area (TPSA) is 63.2 Å². The molecule has 4 nitrogen and oxygen atoms in total. The Hall–Kier alpha value is -2.14. The largest absolute Gasteiger partial charge is 0.295 e. The first-order valence-electron chi connectivity index (χ1n) is 6.93. The third kappa shape index (κ3) is 3.68. The molecule has 0 aliphatic rings. The number of hydrogen-bond acceptors (Lipinski definition) is 3. The second kappa shape index (κ2) is 5.43. The first-order chi connectivity index (χ1) is 11.5. The van der Waals surface area contributed by atoms with Crippen molar-refractivity contribution in [2.24, 2.45) is 0 Å². The molecule has 0 amide bonds. The minimum Gasteiger partial charge on any atom is -0.295 e. The molecule has 0 unspecified atom stereocenters. The Bertz CT molecular complexity index is 1020. The zero-order valence-corrected chi connectivity index (χ0v) is 15.1. The predicted octanol–water partition coefficient (Wildman–Crippen LogP) is 5.23. The molecule has 0 heterocycles. The molecule has 0 bridgehead atoms. The number of hydrogen-bond donors (Lipinski definition) is 1. The van der Waals surface area contributed by atoms with Gasteiger partial charge >= 0.3 is 0 Å². The summed E-state index contributed by atoms with van der Waals surface area (Å²) in [6.07, 6.45) is 0.575. The normalized spacial score (nSPS) is 15.0. The van der Waals surface area contributed by atoms with E-state index in [0.717, 1.165) is 25.1 Å². The van der Waals surface area contributed by atoms with Gasteiger partial charge in [-0.25, -0.2) is 12.8 Å². The minimum absolute atomic E-state index is 0.184. The quantitative estimate of drug-likeness (QED) is 0.537. The molecule has 0 saturated carbocycles. The molecule has 0 aliphatic heterocycles. The second-order valence-electron chi connectivity index (χ2n) is 5.64. The van der Waals surface area contributed by atoms with Gasteiger partial charge in [0.2, 0.25) is 19.9 Å². The molecule has 0 aromatic heterocycles. The maximum atomic E-state index is 15.0. The Labute approximate surface area is 146 Å². The maximum Gasteiger partial charge on any atom is 0.229 e. The second-order valence-corrected chi connectivity index (χ2v) is 10.4. The van der Waals surface area contributed by atoms with E-state index < -0.39 is 52.5 Å². The number of rotatable bonds is 5. The summed E-state index contributed by atoms with van der Waals surface area (Å²) < 4.78 is 98.2. The number of anilines is 1. The fourth-order valence-corrected chi connectivity index (χ4v) is 4.88. The van der Waals surface area contributed by atoms with Crippen molar-refractivity contribution in [3.05, 3.63) is 53.8 Å². The van der Waals surface area contributed by atoms with E-state index in [1.807, 2.05) is 0 Å². The molecule has 0 atom stereocenters. The molecule has 2 aromatic carbocycles. The van der Waals surface area contributed by atoms with Crippen molar-refractivity contribution in [3.63, 3.8) is 0 Å². The summed E-state index contributed by atoms with van der Waals surface area (Å²) >= 11 is 0. The number of benzene rings is 2. The Morgan fingerprint density at radius 1 is 1.00 bits per heavy atom. The molecule has 11 heteroatoms. The SMILES string of the molecule is CC(=O)c1ccc(NS(C)(=O)=O)c(S(F)(F)(F)(F)c2ccccc2F)c1. The highest BCUT2D eigenvalue weighted by molar-refractivity contribution is 8.49. The fraction of sp³-hybridized carbons (Fsp3) is 0.133. The van der Waals surface area contributed by atoms with E-state index in [1.165, 1.54) is 0 Å². The van der Waals surface area contributed by atoms with Crippen LogP contribution in [0.2, 0.25) is 0 Å². The first kappa shape index (κ1) is 20.2. The molecular formula is C15H14F5NO3S2. The van der Waals surface area contributed by atoms with Crippen molar-refractivity contribution in [1.29, 1.82) is 0 Å². The van der Waals surface area contributed by atoms with E-state index in [2.05, 4.69) is 0 Å². The summed E-state index contributed by atoms with van der Waals surface area (Å²) in [6.45, 7) is 0.957. The number of ketones is 1. The van der Waals surface area contributed by atoms with Crippen molar-refractivity contribution in [2.45, 2.75) is 16.7 Å². The van der Waals surface area contributed by atoms with Gasteiger partial charge in [0.1, 0.15) is 15.6 Å². The van der Waals surface area contributed by atoms with Gasteiger partial charge in [-0.1, -0.05) is 12.1 Å². The highest BCUT2D eigenvalue weighted by Gasteiger charge is 2.69. The molecular weight excluding hydrogens is 401 g/mol. The number of carbonyl (C=O) groups is 1. The summed E-state index contributed by atoms with van der Waals surface area (Å²) in [7, 11) is -13.7. The minimum atomic E-state index is -9.53. The molecule has 2 aromatic rings. The Balaban J connectivity index is 2.96. The third-order valence-electron chi connectivity index (χ3n) is 3.41. The van der Waals surface area contributed by atoms with E-state index in [0.29, 0.717) is 18.4 Å². The first-order valence-corrected chi connectivity index (χ1v) is 10.9. The summed E-state index contributed by atoms with van der Waals surface area (Å²) in [5.41, 5.74) is -1.65. The van der Waals surface area contributed by atoms with Crippen molar-refractivity contribution in [3.8, 4) is 0 Å². The van der Waals surface area contributed by atoms with Crippen molar-refractivity contribution in [1.82, 2.24) is 0 Å². The van der Waals surface area contributed by atoms with E-state index >= 15 is 15.5 Å². The average Bonchev–Trinajstić information content (AvgIpc) is 2.44. The number of halogens is 5. The van der Waals surface area contributed by atoms with E-state index in [9.17, 15) is 17.6 Å². The van der Waals surface area contributed by atoms with E-state index in [1.54, 1.807) is 4.72 Å². The van der Waals surface area contributed by atoms with E-state index in [-0.39, 0.29) is 12.1 Å². The van der Waals surface area contributed by atoms with Crippen LogP contribution in [0.4, 0.5) is 25.6 Å². The number of sulfonamides is 1.